The van der Waals surface area contributed by atoms with Crippen LogP contribution in [0, 0.1) is 11.7 Å². The number of amides is 6. The second kappa shape index (κ2) is 14.7. The summed E-state index contributed by atoms with van der Waals surface area (Å²) in [6.07, 6.45) is -0.697. The number of hydrogen-bond acceptors (Lipinski definition) is 10. The third kappa shape index (κ3) is 8.65. The molecule has 2 aliphatic heterocycles. The van der Waals surface area contributed by atoms with E-state index in [1.807, 2.05) is 0 Å². The topological polar surface area (TPSA) is 210 Å². The number of rotatable bonds is 12. The van der Waals surface area contributed by atoms with Crippen LogP contribution in [0.3, 0.4) is 0 Å². The average Bonchev–Trinajstić information content (AvgIpc) is 3.96. The van der Waals surface area contributed by atoms with Crippen molar-refractivity contribution in [2.75, 3.05) is 13.1 Å². The van der Waals surface area contributed by atoms with Crippen LogP contribution < -0.4 is 20.7 Å². The van der Waals surface area contributed by atoms with Gasteiger partial charge in [-0.25, -0.2) is 22.4 Å². The van der Waals surface area contributed by atoms with E-state index in [4.69, 9.17) is 9.47 Å². The van der Waals surface area contributed by atoms with Gasteiger partial charge in [0, 0.05) is 25.1 Å². The first-order chi connectivity index (χ1) is 24.4. The van der Waals surface area contributed by atoms with Crippen LogP contribution in [0.1, 0.15) is 70.9 Å². The summed E-state index contributed by atoms with van der Waals surface area (Å²) in [5.74, 6) is -4.05. The number of sulfonamides is 1. The summed E-state index contributed by atoms with van der Waals surface area (Å²) in [6, 6.07) is 1.68. The fraction of sp³-hybridized carbons (Fsp3) is 0.588. The molecule has 1 unspecified atom stereocenters. The third-order valence-corrected chi connectivity index (χ3v) is 11.3. The molecular formula is C34H45FN6O10S. The molecule has 0 aromatic heterocycles. The minimum Gasteiger partial charge on any atom is -0.444 e. The highest BCUT2D eigenvalue weighted by atomic mass is 32.2. The first-order valence-corrected chi connectivity index (χ1v) is 18.7. The molecule has 6 amide bonds. The van der Waals surface area contributed by atoms with Gasteiger partial charge < -0.3 is 30.3 Å². The Bertz CT molecular complexity index is 1760. The number of alkyl carbamates (subject to hydrolysis) is 1. The number of halogens is 1. The number of hydrogen-bond donors (Lipinski definition) is 4. The van der Waals surface area contributed by atoms with Crippen molar-refractivity contribution in [2.45, 2.75) is 107 Å². The van der Waals surface area contributed by atoms with Crippen molar-refractivity contribution in [1.29, 1.82) is 0 Å². The second-order valence-electron chi connectivity index (χ2n) is 14.6. The molecule has 0 bridgehead atoms. The maximum Gasteiger partial charge on any atom is 0.410 e. The summed E-state index contributed by atoms with van der Waals surface area (Å²) in [5.41, 5.74) is -1.55. The van der Waals surface area contributed by atoms with Gasteiger partial charge in [0.05, 0.1) is 18.3 Å². The average molecular weight is 749 g/mol. The van der Waals surface area contributed by atoms with E-state index >= 15 is 0 Å². The molecule has 2 aliphatic carbocycles. The lowest BCUT2D eigenvalue weighted by Gasteiger charge is -2.30. The Labute approximate surface area is 301 Å². The van der Waals surface area contributed by atoms with Gasteiger partial charge in [0.1, 0.15) is 35.1 Å². The zero-order chi connectivity index (χ0) is 38.2. The maximum absolute atomic E-state index is 14.4. The Kier molecular flexibility index (Phi) is 10.9. The lowest BCUT2D eigenvalue weighted by atomic mass is 10.1. The van der Waals surface area contributed by atoms with Crippen LogP contribution in [0.15, 0.2) is 30.9 Å². The summed E-state index contributed by atoms with van der Waals surface area (Å²) in [6.45, 7) is 9.27. The smallest absolute Gasteiger partial charge is 0.410 e. The van der Waals surface area contributed by atoms with Crippen molar-refractivity contribution in [3.8, 4) is 0 Å². The Hall–Kier alpha value is -4.74. The molecule has 16 nitrogen and oxygen atoms in total. The van der Waals surface area contributed by atoms with Gasteiger partial charge in [-0.1, -0.05) is 32.1 Å². The Morgan fingerprint density at radius 3 is 2.44 bits per heavy atom. The zero-order valence-electron chi connectivity index (χ0n) is 29.5. The molecule has 5 rings (SSSR count). The van der Waals surface area contributed by atoms with Crippen LogP contribution in [0.4, 0.5) is 14.0 Å². The van der Waals surface area contributed by atoms with Gasteiger partial charge in [0.2, 0.25) is 27.7 Å². The molecule has 1 aromatic carbocycles. The van der Waals surface area contributed by atoms with Crippen molar-refractivity contribution >= 4 is 45.8 Å². The van der Waals surface area contributed by atoms with E-state index in [1.165, 1.54) is 17.0 Å². The fourth-order valence-corrected chi connectivity index (χ4v) is 7.89. The number of benzene rings is 1. The van der Waals surface area contributed by atoms with Crippen LogP contribution in [0.25, 0.3) is 0 Å². The molecule has 18 heteroatoms. The van der Waals surface area contributed by atoms with Crippen molar-refractivity contribution in [3.05, 3.63) is 47.8 Å². The van der Waals surface area contributed by atoms with E-state index in [9.17, 15) is 41.6 Å². The lowest BCUT2D eigenvalue weighted by molar-refractivity contribution is -0.141. The van der Waals surface area contributed by atoms with Gasteiger partial charge in [0.25, 0.3) is 5.91 Å². The van der Waals surface area contributed by atoms with Gasteiger partial charge in [-0.05, 0) is 63.7 Å². The Balaban J connectivity index is 1.38. The minimum atomic E-state index is -3.94. The number of nitrogens with one attached hydrogen (secondary N) is 4. The predicted octanol–water partition coefficient (Wildman–Crippen LogP) is 1.34. The molecule has 2 saturated carbocycles. The van der Waals surface area contributed by atoms with E-state index in [0.717, 1.165) is 11.0 Å². The number of carbonyl (C=O) groups is 6. The highest BCUT2D eigenvalue weighted by Crippen LogP contribution is 2.47. The molecule has 1 saturated heterocycles. The van der Waals surface area contributed by atoms with Crippen LogP contribution in [-0.4, -0.2) is 102 Å². The lowest BCUT2D eigenvalue weighted by Crippen LogP contribution is -2.59. The van der Waals surface area contributed by atoms with Crippen LogP contribution in [0.2, 0.25) is 0 Å². The quantitative estimate of drug-likeness (QED) is 0.226. The standard InChI is InChI=1S/C34H45FN6O10S/c1-6-20-14-34(20,30(45)39-52(48,49)22-11-12-22)38-28(43)26-13-21(50-32(47)40-16-19-9-8-10-24(35)23(19)18-40)17-41(26)29(44)25(15-36-27(42)7-2)37-31(46)51-33(3,4)5/h7-10,20-22,25-26H,2,6,11-18H2,1,3-5H3,(H,36,42)(H,37,46)(H,38,43)(H,39,45)/t20-,21?,25+,26+,34-/m1/s1. The largest absolute Gasteiger partial charge is 0.444 e. The number of carbonyl (C=O) groups excluding carboxylic acids is 6. The van der Waals surface area contributed by atoms with E-state index in [-0.39, 0.29) is 32.5 Å². The SMILES string of the molecule is C=CC(=O)NC[C@H](NC(=O)OC(C)(C)C)C(=O)N1CC(OC(=O)N2Cc3cccc(F)c3C2)C[C@H]1C(=O)N[C@]1(C(=O)NS(=O)(=O)C2CC2)C[C@H]1CC. The van der Waals surface area contributed by atoms with Crippen molar-refractivity contribution in [2.24, 2.45) is 5.92 Å². The first-order valence-electron chi connectivity index (χ1n) is 17.2. The second-order valence-corrected chi connectivity index (χ2v) is 16.5. The highest BCUT2D eigenvalue weighted by Gasteiger charge is 2.62. The summed E-state index contributed by atoms with van der Waals surface area (Å²) in [4.78, 5) is 82.2. The highest BCUT2D eigenvalue weighted by molar-refractivity contribution is 7.91. The van der Waals surface area contributed by atoms with Gasteiger partial charge in [0.15, 0.2) is 0 Å². The third-order valence-electron chi connectivity index (χ3n) is 9.50. The Morgan fingerprint density at radius 2 is 1.85 bits per heavy atom. The number of likely N-dealkylation sites (tertiary alicyclic amines) is 1. The molecule has 52 heavy (non-hydrogen) atoms. The summed E-state index contributed by atoms with van der Waals surface area (Å²) < 4.78 is 52.8. The minimum absolute atomic E-state index is 0.0508. The van der Waals surface area contributed by atoms with Crippen LogP contribution in [0.5, 0.6) is 0 Å². The molecule has 5 atom stereocenters. The maximum atomic E-state index is 14.4. The van der Waals surface area contributed by atoms with Gasteiger partial charge >= 0.3 is 12.2 Å². The van der Waals surface area contributed by atoms with E-state index in [0.29, 0.717) is 30.4 Å². The summed E-state index contributed by atoms with van der Waals surface area (Å²) in [5, 5.41) is 6.89. The van der Waals surface area contributed by atoms with Crippen molar-refractivity contribution in [1.82, 2.24) is 30.5 Å². The molecule has 2 heterocycles. The number of fused-ring (bicyclic) bond motifs is 1. The number of nitrogens with zero attached hydrogens (tertiary/aromatic N) is 2. The molecule has 0 spiro atoms. The Morgan fingerprint density at radius 1 is 1.13 bits per heavy atom. The van der Waals surface area contributed by atoms with Gasteiger partial charge in [-0.2, -0.15) is 0 Å². The van der Waals surface area contributed by atoms with E-state index in [1.54, 1.807) is 33.8 Å². The molecule has 4 N–H and O–H groups in total. The van der Waals surface area contributed by atoms with Gasteiger partial charge in [-0.3, -0.25) is 28.8 Å². The predicted molar refractivity (Wildman–Crippen MR) is 182 cm³/mol. The summed E-state index contributed by atoms with van der Waals surface area (Å²) in [7, 11) is -3.94. The van der Waals surface area contributed by atoms with Crippen molar-refractivity contribution < 1.29 is 51.0 Å². The van der Waals surface area contributed by atoms with Gasteiger partial charge in [-0.15, -0.1) is 0 Å². The van der Waals surface area contributed by atoms with E-state index in [2.05, 4.69) is 27.3 Å². The molecule has 3 fully saturated rings. The monoisotopic (exact) mass is 748 g/mol. The number of ether oxygens (including phenoxy) is 2. The van der Waals surface area contributed by atoms with Crippen LogP contribution in [-0.2, 0) is 51.8 Å². The van der Waals surface area contributed by atoms with Crippen LogP contribution >= 0.6 is 0 Å². The molecule has 284 valence electrons. The summed E-state index contributed by atoms with van der Waals surface area (Å²) >= 11 is 0. The van der Waals surface area contributed by atoms with E-state index < -0.39 is 98.7 Å². The molecular weight excluding hydrogens is 703 g/mol. The normalized spacial score (nSPS) is 24.2. The zero-order valence-corrected chi connectivity index (χ0v) is 30.3. The van der Waals surface area contributed by atoms with Crippen molar-refractivity contribution in [3.63, 3.8) is 0 Å². The molecule has 1 aromatic rings. The molecule has 0 radical (unpaired) electrons. The first kappa shape index (κ1) is 38.5. The fourth-order valence-electron chi connectivity index (χ4n) is 6.52. The molecule has 4 aliphatic rings.